The minimum absolute atomic E-state index is 0.0518. The molecule has 96 valence electrons. The molecule has 4 nitrogen and oxygen atoms in total. The molecule has 1 N–H and O–H groups in total. The molecule has 0 aromatic heterocycles. The fourth-order valence-electron chi connectivity index (χ4n) is 3.32. The Kier molecular flexibility index (Phi) is 2.74. The fraction of sp³-hybridized carbons (Fsp3) is 0.500. The number of hydrogen-bond acceptors (Lipinski definition) is 4. The first-order valence-corrected chi connectivity index (χ1v) is 6.26. The van der Waals surface area contributed by atoms with Gasteiger partial charge in [0.2, 0.25) is 0 Å². The fourth-order valence-corrected chi connectivity index (χ4v) is 3.32. The highest BCUT2D eigenvalue weighted by Gasteiger charge is 2.41. The number of phenolic OH excluding ortho intramolecular Hbond substituents is 1. The molecular formula is C14H16O4. The number of esters is 1. The van der Waals surface area contributed by atoms with Crippen LogP contribution in [-0.4, -0.2) is 24.8 Å². The van der Waals surface area contributed by atoms with E-state index in [0.29, 0.717) is 23.3 Å². The van der Waals surface area contributed by atoms with Crippen molar-refractivity contribution >= 4 is 5.97 Å². The van der Waals surface area contributed by atoms with Gasteiger partial charge in [-0.3, -0.25) is 0 Å². The molecule has 3 rings (SSSR count). The van der Waals surface area contributed by atoms with E-state index in [1.54, 1.807) is 12.1 Å². The van der Waals surface area contributed by atoms with Crippen molar-refractivity contribution in [2.75, 3.05) is 13.7 Å². The van der Waals surface area contributed by atoms with E-state index in [-0.39, 0.29) is 6.61 Å². The number of benzene rings is 1. The average Bonchev–Trinajstić information content (AvgIpc) is 2.94. The van der Waals surface area contributed by atoms with Crippen molar-refractivity contribution in [3.05, 3.63) is 23.3 Å². The zero-order valence-corrected chi connectivity index (χ0v) is 10.3. The molecule has 1 aromatic rings. The third-order valence-electron chi connectivity index (χ3n) is 3.96. The summed E-state index contributed by atoms with van der Waals surface area (Å²) in [5, 5.41) is 9.95. The first-order chi connectivity index (χ1) is 8.70. The lowest BCUT2D eigenvalue weighted by Crippen LogP contribution is -2.16. The van der Waals surface area contributed by atoms with Crippen LogP contribution >= 0.6 is 0 Å². The predicted octanol–water partition coefficient (Wildman–Crippen LogP) is 2.31. The van der Waals surface area contributed by atoms with Gasteiger partial charge in [-0.15, -0.1) is 0 Å². The first kappa shape index (κ1) is 11.5. The van der Waals surface area contributed by atoms with Crippen LogP contribution < -0.4 is 4.74 Å². The molecule has 2 aliphatic rings. The Hall–Kier alpha value is -1.55. The van der Waals surface area contributed by atoms with Crippen molar-refractivity contribution in [2.45, 2.75) is 31.1 Å². The zero-order valence-electron chi connectivity index (χ0n) is 10.3. The number of methoxy groups -OCH3 is 1. The molecule has 1 aromatic carbocycles. The third kappa shape index (κ3) is 1.68. The Morgan fingerprint density at radius 1 is 1.33 bits per heavy atom. The van der Waals surface area contributed by atoms with Crippen molar-refractivity contribution in [1.82, 2.24) is 0 Å². The van der Waals surface area contributed by atoms with Gasteiger partial charge < -0.3 is 14.6 Å². The predicted molar refractivity (Wildman–Crippen MR) is 65.0 cm³/mol. The first-order valence-electron chi connectivity index (χ1n) is 6.26. The number of aromatic hydroxyl groups is 1. The summed E-state index contributed by atoms with van der Waals surface area (Å²) in [5.74, 6) is 1.41. The molecule has 1 saturated carbocycles. The number of ether oxygens (including phenoxy) is 2. The summed E-state index contributed by atoms with van der Waals surface area (Å²) < 4.78 is 10.1. The monoisotopic (exact) mass is 248 g/mol. The van der Waals surface area contributed by atoms with Gasteiger partial charge in [0.1, 0.15) is 18.1 Å². The molecule has 4 heteroatoms. The van der Waals surface area contributed by atoms with Crippen molar-refractivity contribution in [3.63, 3.8) is 0 Å². The average molecular weight is 248 g/mol. The lowest BCUT2D eigenvalue weighted by atomic mass is 9.90. The van der Waals surface area contributed by atoms with Crippen molar-refractivity contribution < 1.29 is 19.4 Å². The Balaban J connectivity index is 1.95. The molecule has 0 radical (unpaired) electrons. The molecule has 1 fully saturated rings. The van der Waals surface area contributed by atoms with E-state index in [9.17, 15) is 9.90 Å². The Labute approximate surface area is 106 Å². The van der Waals surface area contributed by atoms with Gasteiger partial charge in [0, 0.05) is 18.2 Å². The minimum atomic E-state index is -0.395. The molecular weight excluding hydrogens is 232 g/mol. The van der Waals surface area contributed by atoms with Crippen molar-refractivity contribution in [3.8, 4) is 11.5 Å². The minimum Gasteiger partial charge on any atom is -0.508 e. The van der Waals surface area contributed by atoms with Gasteiger partial charge in [-0.1, -0.05) is 0 Å². The van der Waals surface area contributed by atoms with E-state index in [0.717, 1.165) is 30.4 Å². The number of carbonyl (C=O) groups excluding carboxylic acids is 1. The maximum atomic E-state index is 11.5. The molecule has 2 atom stereocenters. The molecule has 0 heterocycles. The quantitative estimate of drug-likeness (QED) is 0.658. The van der Waals surface area contributed by atoms with Crippen LogP contribution in [0.25, 0.3) is 0 Å². The SMILES string of the molecule is COCC(=O)Oc1ccc(O)c2c1[C@@H]1CC[C@H]2C1. The van der Waals surface area contributed by atoms with Gasteiger partial charge >= 0.3 is 5.97 Å². The van der Waals surface area contributed by atoms with Crippen LogP contribution in [0.1, 0.15) is 42.2 Å². The maximum Gasteiger partial charge on any atom is 0.337 e. The summed E-state index contributed by atoms with van der Waals surface area (Å²) in [6, 6.07) is 3.30. The second-order valence-electron chi connectivity index (χ2n) is 5.02. The Bertz CT molecular complexity index is 495. The second kappa shape index (κ2) is 4.28. The number of fused-ring (bicyclic) bond motifs is 5. The Morgan fingerprint density at radius 2 is 2.06 bits per heavy atom. The smallest absolute Gasteiger partial charge is 0.337 e. The van der Waals surface area contributed by atoms with Crippen LogP contribution in [0.5, 0.6) is 11.5 Å². The lowest BCUT2D eigenvalue weighted by Gasteiger charge is -2.19. The number of carbonyl (C=O) groups is 1. The van der Waals surface area contributed by atoms with E-state index in [4.69, 9.17) is 9.47 Å². The summed E-state index contributed by atoms with van der Waals surface area (Å²) >= 11 is 0. The van der Waals surface area contributed by atoms with E-state index >= 15 is 0 Å². The van der Waals surface area contributed by atoms with Crippen LogP contribution in [0.4, 0.5) is 0 Å². The Morgan fingerprint density at radius 3 is 2.78 bits per heavy atom. The highest BCUT2D eigenvalue weighted by atomic mass is 16.6. The summed E-state index contributed by atoms with van der Waals surface area (Å²) in [6.07, 6.45) is 3.32. The van der Waals surface area contributed by atoms with E-state index < -0.39 is 5.97 Å². The molecule has 0 amide bonds. The zero-order chi connectivity index (χ0) is 12.7. The van der Waals surface area contributed by atoms with Crippen LogP contribution in [0.15, 0.2) is 12.1 Å². The molecule has 0 aliphatic heterocycles. The van der Waals surface area contributed by atoms with E-state index in [1.165, 1.54) is 7.11 Å². The summed E-state index contributed by atoms with van der Waals surface area (Å²) in [5.41, 5.74) is 2.03. The van der Waals surface area contributed by atoms with Crippen LogP contribution in [0.2, 0.25) is 0 Å². The van der Waals surface area contributed by atoms with Crippen LogP contribution in [0.3, 0.4) is 0 Å². The topological polar surface area (TPSA) is 55.8 Å². The van der Waals surface area contributed by atoms with Gasteiger partial charge in [0.15, 0.2) is 0 Å². The highest BCUT2D eigenvalue weighted by molar-refractivity contribution is 5.75. The summed E-state index contributed by atoms with van der Waals surface area (Å²) in [4.78, 5) is 11.5. The van der Waals surface area contributed by atoms with Crippen molar-refractivity contribution in [1.29, 1.82) is 0 Å². The van der Waals surface area contributed by atoms with Crippen LogP contribution in [0, 0.1) is 0 Å². The van der Waals surface area contributed by atoms with Gasteiger partial charge in [-0.2, -0.15) is 0 Å². The van der Waals surface area contributed by atoms with Gasteiger partial charge in [0.05, 0.1) is 0 Å². The largest absolute Gasteiger partial charge is 0.508 e. The summed E-state index contributed by atoms with van der Waals surface area (Å²) in [7, 11) is 1.46. The standard InChI is InChI=1S/C14H16O4/c1-17-7-12(16)18-11-5-4-10(15)13-8-2-3-9(6-8)14(11)13/h4-5,8-9,15H,2-3,6-7H2,1H3/t8-,9+/m0/s1. The van der Waals surface area contributed by atoms with Gasteiger partial charge in [0.25, 0.3) is 0 Å². The third-order valence-corrected chi connectivity index (χ3v) is 3.96. The highest BCUT2D eigenvalue weighted by Crippen LogP contribution is 2.58. The normalized spacial score (nSPS) is 24.1. The van der Waals surface area contributed by atoms with E-state index in [2.05, 4.69) is 0 Å². The molecule has 0 spiro atoms. The van der Waals surface area contributed by atoms with Crippen LogP contribution in [-0.2, 0) is 9.53 Å². The molecule has 2 bridgehead atoms. The maximum absolute atomic E-state index is 11.5. The second-order valence-corrected chi connectivity index (χ2v) is 5.02. The van der Waals surface area contributed by atoms with E-state index in [1.807, 2.05) is 0 Å². The lowest BCUT2D eigenvalue weighted by molar-refractivity contribution is -0.138. The molecule has 0 unspecified atom stereocenters. The number of rotatable bonds is 3. The van der Waals surface area contributed by atoms with Gasteiger partial charge in [-0.05, 0) is 43.2 Å². The summed E-state index contributed by atoms with van der Waals surface area (Å²) in [6.45, 7) is -0.0518. The van der Waals surface area contributed by atoms with Gasteiger partial charge in [-0.25, -0.2) is 4.79 Å². The molecule has 2 aliphatic carbocycles. The number of phenols is 1. The molecule has 0 saturated heterocycles. The number of hydrogen-bond donors (Lipinski definition) is 1. The molecule has 18 heavy (non-hydrogen) atoms. The van der Waals surface area contributed by atoms with Crippen molar-refractivity contribution in [2.24, 2.45) is 0 Å².